The second kappa shape index (κ2) is 6.26. The van der Waals surface area contributed by atoms with Crippen molar-refractivity contribution in [2.75, 3.05) is 6.61 Å². The number of carbonyl (C=O) groups excluding carboxylic acids is 2. The molecule has 4 nitrogen and oxygen atoms in total. The van der Waals surface area contributed by atoms with Gasteiger partial charge in [0.25, 0.3) is 0 Å². The average molecular weight is 215 g/mol. The molecule has 0 saturated heterocycles. The maximum atomic E-state index is 10.9. The first-order valence-corrected chi connectivity index (χ1v) is 4.50. The Hall–Kier alpha value is -1.23. The van der Waals surface area contributed by atoms with E-state index < -0.39 is 5.97 Å². The third-order valence-corrected chi connectivity index (χ3v) is 1.72. The molecule has 0 atom stereocenters. The molecule has 0 heterocycles. The number of allylic oxidation sites excluding steroid dienone is 1. The molecule has 0 aliphatic carbocycles. The highest BCUT2D eigenvalue weighted by molar-refractivity contribution is 7.79. The normalized spacial score (nSPS) is 11.6. The van der Waals surface area contributed by atoms with Crippen molar-refractivity contribution in [2.24, 2.45) is 5.73 Å². The Morgan fingerprint density at radius 1 is 1.43 bits per heavy atom. The topological polar surface area (TPSA) is 69.4 Å². The van der Waals surface area contributed by atoms with Crippen LogP contribution >= 0.6 is 12.2 Å². The van der Waals surface area contributed by atoms with E-state index in [1.807, 2.05) is 0 Å². The number of carbonyl (C=O) groups is 2. The number of thiocarbonyl (C=S) groups is 1. The Labute approximate surface area is 88.1 Å². The molecule has 0 aromatic heterocycles. The van der Waals surface area contributed by atoms with Gasteiger partial charge in [-0.3, -0.25) is 9.59 Å². The molecule has 2 N–H and O–H groups in total. The molecule has 5 heteroatoms. The van der Waals surface area contributed by atoms with E-state index in [1.165, 1.54) is 12.3 Å². The van der Waals surface area contributed by atoms with Gasteiger partial charge in [0, 0.05) is 16.6 Å². The van der Waals surface area contributed by atoms with Gasteiger partial charge < -0.3 is 10.5 Å². The van der Waals surface area contributed by atoms with E-state index in [-0.39, 0.29) is 18.8 Å². The third kappa shape index (κ3) is 5.42. The second-order valence-electron chi connectivity index (χ2n) is 2.87. The van der Waals surface area contributed by atoms with E-state index in [1.54, 1.807) is 6.92 Å². The summed E-state index contributed by atoms with van der Waals surface area (Å²) in [6, 6.07) is 0. The molecule has 0 aliphatic heterocycles. The molecular formula is C9H13NO3S. The molecule has 0 unspecified atom stereocenters. The van der Waals surface area contributed by atoms with Crippen molar-refractivity contribution in [1.82, 2.24) is 0 Å². The Kier molecular flexibility index (Phi) is 5.71. The number of Topliss-reactive ketones (excluding diaryl/α,β-unsaturated/α-hetero) is 1. The maximum Gasteiger partial charge on any atom is 0.313 e. The van der Waals surface area contributed by atoms with Crippen molar-refractivity contribution in [3.8, 4) is 0 Å². The van der Waals surface area contributed by atoms with Crippen LogP contribution < -0.4 is 5.73 Å². The van der Waals surface area contributed by atoms with Crippen molar-refractivity contribution in [2.45, 2.75) is 20.3 Å². The van der Waals surface area contributed by atoms with Crippen LogP contribution in [0.1, 0.15) is 20.3 Å². The van der Waals surface area contributed by atoms with Crippen LogP contribution in [-0.4, -0.2) is 23.7 Å². The highest BCUT2D eigenvalue weighted by Gasteiger charge is 2.07. The molecule has 0 fully saturated rings. The van der Waals surface area contributed by atoms with Gasteiger partial charge in [-0.15, -0.1) is 0 Å². The molecule has 0 rings (SSSR count). The number of ether oxygens (including phenoxy) is 1. The number of nitrogens with two attached hydrogens (primary N) is 1. The molecular weight excluding hydrogens is 202 g/mol. The van der Waals surface area contributed by atoms with E-state index >= 15 is 0 Å². The summed E-state index contributed by atoms with van der Waals surface area (Å²) < 4.78 is 4.77. The number of esters is 1. The zero-order valence-electron chi connectivity index (χ0n) is 8.20. The lowest BCUT2D eigenvalue weighted by molar-refractivity contribution is -0.144. The van der Waals surface area contributed by atoms with Crippen molar-refractivity contribution in [1.29, 1.82) is 0 Å². The summed E-state index contributed by atoms with van der Waals surface area (Å²) in [7, 11) is 0. The molecule has 0 spiro atoms. The average Bonchev–Trinajstić information content (AvgIpc) is 2.03. The maximum absolute atomic E-state index is 10.9. The number of rotatable bonds is 5. The standard InChI is InChI=1S/C9H13NO3S/c1-6(11)3-9(12)13-4-8(5-14)7(2)10/h5H,3-4,10H2,1-2H3. The second-order valence-corrected chi connectivity index (χ2v) is 3.10. The molecule has 0 aliphatic rings. The summed E-state index contributed by atoms with van der Waals surface area (Å²) in [5.41, 5.74) is 6.55. The van der Waals surface area contributed by atoms with Gasteiger partial charge in [-0.25, -0.2) is 0 Å². The van der Waals surface area contributed by atoms with Crippen molar-refractivity contribution in [3.63, 3.8) is 0 Å². The molecule has 78 valence electrons. The summed E-state index contributed by atoms with van der Waals surface area (Å²) in [5.74, 6) is -0.791. The lowest BCUT2D eigenvalue weighted by Crippen LogP contribution is -2.13. The first-order chi connectivity index (χ1) is 6.47. The zero-order chi connectivity index (χ0) is 11.1. The first kappa shape index (κ1) is 12.8. The molecule has 0 saturated carbocycles. The van der Waals surface area contributed by atoms with Crippen LogP contribution in [0.3, 0.4) is 0 Å². The molecule has 14 heavy (non-hydrogen) atoms. The van der Waals surface area contributed by atoms with Crippen LogP contribution in [0.4, 0.5) is 0 Å². The van der Waals surface area contributed by atoms with Crippen LogP contribution in [0.15, 0.2) is 11.3 Å². The van der Waals surface area contributed by atoms with Gasteiger partial charge >= 0.3 is 5.97 Å². The van der Waals surface area contributed by atoms with Gasteiger partial charge in [0.1, 0.15) is 18.8 Å². The Balaban J connectivity index is 4.05. The fourth-order valence-corrected chi connectivity index (χ4v) is 0.907. The van der Waals surface area contributed by atoms with Crippen LogP contribution in [-0.2, 0) is 14.3 Å². The molecule has 0 amide bonds. The number of hydrogen-bond acceptors (Lipinski definition) is 5. The van der Waals surface area contributed by atoms with E-state index in [2.05, 4.69) is 12.2 Å². The Bertz CT molecular complexity index is 280. The molecule has 0 aromatic carbocycles. The quantitative estimate of drug-likeness (QED) is 0.317. The highest BCUT2D eigenvalue weighted by atomic mass is 32.1. The van der Waals surface area contributed by atoms with Gasteiger partial charge in [-0.05, 0) is 13.8 Å². The van der Waals surface area contributed by atoms with Crippen LogP contribution in [0.5, 0.6) is 0 Å². The summed E-state index contributed by atoms with van der Waals surface area (Å²) >= 11 is 4.67. The van der Waals surface area contributed by atoms with E-state index in [9.17, 15) is 9.59 Å². The van der Waals surface area contributed by atoms with Crippen LogP contribution in [0, 0.1) is 0 Å². The fraction of sp³-hybridized carbons (Fsp3) is 0.444. The van der Waals surface area contributed by atoms with Gasteiger partial charge in [-0.1, -0.05) is 12.2 Å². The van der Waals surface area contributed by atoms with Crippen LogP contribution in [0.25, 0.3) is 0 Å². The summed E-state index contributed by atoms with van der Waals surface area (Å²) in [4.78, 5) is 21.5. The van der Waals surface area contributed by atoms with Gasteiger partial charge in [0.15, 0.2) is 0 Å². The van der Waals surface area contributed by atoms with Gasteiger partial charge in [0.05, 0.1) is 0 Å². The van der Waals surface area contributed by atoms with Crippen LogP contribution in [0.2, 0.25) is 0 Å². The predicted octanol–water partition coefficient (Wildman–Crippen LogP) is 0.741. The fourth-order valence-electron chi connectivity index (χ4n) is 0.653. The van der Waals surface area contributed by atoms with Crippen molar-refractivity contribution in [3.05, 3.63) is 11.3 Å². The molecule has 0 bridgehead atoms. The Morgan fingerprint density at radius 2 is 2.00 bits per heavy atom. The summed E-state index contributed by atoms with van der Waals surface area (Å²) in [6.45, 7) is 3.01. The smallest absolute Gasteiger partial charge is 0.313 e. The summed E-state index contributed by atoms with van der Waals surface area (Å²) in [5, 5.41) is 1.36. The Morgan fingerprint density at radius 3 is 2.36 bits per heavy atom. The largest absolute Gasteiger partial charge is 0.460 e. The number of hydrogen-bond donors (Lipinski definition) is 1. The monoisotopic (exact) mass is 215 g/mol. The van der Waals surface area contributed by atoms with Gasteiger partial charge in [0.2, 0.25) is 0 Å². The summed E-state index contributed by atoms with van der Waals surface area (Å²) in [6.07, 6.45) is -0.214. The number of ketones is 1. The lowest BCUT2D eigenvalue weighted by Gasteiger charge is -2.05. The minimum absolute atomic E-state index is 0.0257. The molecule has 0 radical (unpaired) electrons. The van der Waals surface area contributed by atoms with Crippen molar-refractivity contribution < 1.29 is 14.3 Å². The third-order valence-electron chi connectivity index (χ3n) is 1.43. The minimum atomic E-state index is -0.562. The van der Waals surface area contributed by atoms with Gasteiger partial charge in [-0.2, -0.15) is 0 Å². The lowest BCUT2D eigenvalue weighted by atomic mass is 10.2. The minimum Gasteiger partial charge on any atom is -0.460 e. The van der Waals surface area contributed by atoms with E-state index in [0.717, 1.165) is 0 Å². The van der Waals surface area contributed by atoms with E-state index in [0.29, 0.717) is 11.3 Å². The molecule has 0 aromatic rings. The predicted molar refractivity (Wildman–Crippen MR) is 56.8 cm³/mol. The zero-order valence-corrected chi connectivity index (χ0v) is 9.02. The first-order valence-electron chi connectivity index (χ1n) is 4.02. The highest BCUT2D eigenvalue weighted by Crippen LogP contribution is 1.98. The van der Waals surface area contributed by atoms with E-state index in [4.69, 9.17) is 10.5 Å². The SMILES string of the molecule is CC(=O)CC(=O)OCC(C=S)=C(C)N. The van der Waals surface area contributed by atoms with Crippen molar-refractivity contribution >= 4 is 29.3 Å².